The second-order valence-corrected chi connectivity index (χ2v) is 8.72. The number of hydrogen-bond acceptors (Lipinski definition) is 2. The molecular weight excluding hydrogens is 368 g/mol. The van der Waals surface area contributed by atoms with Crippen molar-refractivity contribution in [2.24, 2.45) is 0 Å². The summed E-state index contributed by atoms with van der Waals surface area (Å²) in [5, 5.41) is 0.793. The van der Waals surface area contributed by atoms with Crippen LogP contribution in [0.1, 0.15) is 31.9 Å². The molecule has 0 amide bonds. The topological polar surface area (TPSA) is 9.23 Å². The van der Waals surface area contributed by atoms with Crippen molar-refractivity contribution < 1.29 is 4.18 Å². The third-order valence-electron chi connectivity index (χ3n) is 2.71. The van der Waals surface area contributed by atoms with Gasteiger partial charge in [0, 0.05) is 14.2 Å². The Balaban J connectivity index is 2.04. The highest BCUT2D eigenvalue weighted by molar-refractivity contribution is 9.10. The summed E-state index contributed by atoms with van der Waals surface area (Å²) in [7, 11) is 0. The number of hydrogen-bond donors (Lipinski definition) is 0. The Bertz CT molecular complexity index is 605. The maximum absolute atomic E-state index is 6.23. The highest BCUT2D eigenvalue weighted by Gasteiger charge is 2.13. The van der Waals surface area contributed by atoms with E-state index in [-0.39, 0.29) is 4.75 Å². The van der Waals surface area contributed by atoms with Gasteiger partial charge in [-0.25, -0.2) is 0 Å². The van der Waals surface area contributed by atoms with Crippen LogP contribution < -0.4 is 4.18 Å². The minimum absolute atomic E-state index is 0.0858. The molecule has 0 aromatic heterocycles. The molecule has 2 aromatic carbocycles. The highest BCUT2D eigenvalue weighted by atomic mass is 79.9. The Morgan fingerprint density at radius 3 is 2.38 bits per heavy atom. The van der Waals surface area contributed by atoms with Gasteiger partial charge in [0.05, 0.1) is 12.0 Å². The molecule has 21 heavy (non-hydrogen) atoms. The molecule has 0 atom stereocenters. The maximum Gasteiger partial charge on any atom is 0.137 e. The lowest BCUT2D eigenvalue weighted by molar-refractivity contribution is 0.614. The van der Waals surface area contributed by atoms with Gasteiger partial charge >= 0.3 is 0 Å². The van der Waals surface area contributed by atoms with E-state index >= 15 is 0 Å². The Morgan fingerprint density at radius 2 is 1.76 bits per heavy atom. The molecule has 0 heterocycles. The van der Waals surface area contributed by atoms with E-state index in [1.807, 2.05) is 24.3 Å². The van der Waals surface area contributed by atoms with Gasteiger partial charge in [0.15, 0.2) is 0 Å². The van der Waals surface area contributed by atoms with Crippen molar-refractivity contribution in [3.63, 3.8) is 0 Å². The summed E-state index contributed by atoms with van der Waals surface area (Å²) in [6, 6.07) is 14.1. The zero-order valence-electron chi connectivity index (χ0n) is 12.3. The van der Waals surface area contributed by atoms with Crippen LogP contribution in [0.3, 0.4) is 0 Å². The highest BCUT2D eigenvalue weighted by Crippen LogP contribution is 2.28. The van der Waals surface area contributed by atoms with Crippen LogP contribution in [0.25, 0.3) is 0 Å². The molecule has 2 rings (SSSR count). The fraction of sp³-hybridized carbons (Fsp3) is 0.294. The van der Waals surface area contributed by atoms with E-state index in [1.54, 1.807) is 0 Å². The van der Waals surface area contributed by atoms with Crippen molar-refractivity contribution in [1.29, 1.82) is 0 Å². The molecule has 0 radical (unpaired) electrons. The average Bonchev–Trinajstić information content (AvgIpc) is 2.41. The van der Waals surface area contributed by atoms with E-state index in [0.717, 1.165) is 27.2 Å². The van der Waals surface area contributed by atoms with Gasteiger partial charge in [-0.1, -0.05) is 39.7 Å². The normalized spacial score (nSPS) is 11.5. The Morgan fingerprint density at radius 1 is 1.10 bits per heavy atom. The summed E-state index contributed by atoms with van der Waals surface area (Å²) in [5.41, 5.74) is 2.33. The first-order valence-corrected chi connectivity index (χ1v) is 8.63. The van der Waals surface area contributed by atoms with Gasteiger partial charge in [0.1, 0.15) is 5.75 Å². The fourth-order valence-corrected chi connectivity index (χ4v) is 2.78. The Hall–Kier alpha value is -0.640. The van der Waals surface area contributed by atoms with Crippen LogP contribution in [0, 0.1) is 0 Å². The number of benzene rings is 2. The predicted molar refractivity (Wildman–Crippen MR) is 96.4 cm³/mol. The van der Waals surface area contributed by atoms with Crippen LogP contribution >= 0.6 is 39.6 Å². The van der Waals surface area contributed by atoms with Gasteiger partial charge in [-0.05, 0) is 68.7 Å². The van der Waals surface area contributed by atoms with Crippen molar-refractivity contribution in [2.45, 2.75) is 31.9 Å². The lowest BCUT2D eigenvalue weighted by Crippen LogP contribution is -2.09. The molecule has 0 saturated carbocycles. The molecule has 0 spiro atoms. The summed E-state index contributed by atoms with van der Waals surface area (Å²) in [5.74, 6) is 0.874. The summed E-state index contributed by atoms with van der Waals surface area (Å²) < 4.78 is 6.83. The zero-order chi connectivity index (χ0) is 15.5. The lowest BCUT2D eigenvalue weighted by Gasteiger charge is -2.16. The Kier molecular flexibility index (Phi) is 5.64. The average molecular weight is 386 g/mol. The monoisotopic (exact) mass is 384 g/mol. The molecule has 0 aliphatic heterocycles. The third kappa shape index (κ3) is 5.57. The van der Waals surface area contributed by atoms with Crippen molar-refractivity contribution in [1.82, 2.24) is 0 Å². The van der Waals surface area contributed by atoms with E-state index < -0.39 is 0 Å². The second kappa shape index (κ2) is 7.08. The standard InChI is InChI=1S/C17H18BrClOS/c1-17(2,3)21-20-15-7-4-12(5-8-15)10-13-11-14(18)6-9-16(13)19/h4-9,11H,10H2,1-3H3. The molecule has 112 valence electrons. The molecule has 1 nitrogen and oxygen atoms in total. The van der Waals surface area contributed by atoms with E-state index in [1.165, 1.54) is 17.6 Å². The first kappa shape index (κ1) is 16.7. The summed E-state index contributed by atoms with van der Waals surface area (Å²) in [4.78, 5) is 0. The minimum Gasteiger partial charge on any atom is -0.425 e. The first-order chi connectivity index (χ1) is 9.83. The Labute approximate surface area is 144 Å². The van der Waals surface area contributed by atoms with Gasteiger partial charge in [-0.3, -0.25) is 0 Å². The van der Waals surface area contributed by atoms with E-state index in [0.29, 0.717) is 0 Å². The fourth-order valence-electron chi connectivity index (χ4n) is 1.73. The first-order valence-electron chi connectivity index (χ1n) is 6.72. The molecule has 0 N–H and O–H groups in total. The quantitative estimate of drug-likeness (QED) is 0.554. The van der Waals surface area contributed by atoms with Crippen molar-refractivity contribution in [3.05, 3.63) is 63.1 Å². The van der Waals surface area contributed by atoms with Crippen molar-refractivity contribution in [3.8, 4) is 5.75 Å². The SMILES string of the molecule is CC(C)(C)SOc1ccc(Cc2cc(Br)ccc2Cl)cc1. The van der Waals surface area contributed by atoms with Gasteiger partial charge in [-0.15, -0.1) is 0 Å². The molecule has 2 aromatic rings. The molecule has 4 heteroatoms. The molecule has 0 fully saturated rings. The van der Waals surface area contributed by atoms with Gasteiger partial charge in [0.2, 0.25) is 0 Å². The summed E-state index contributed by atoms with van der Waals surface area (Å²) in [6.45, 7) is 6.38. The van der Waals surface area contributed by atoms with Gasteiger partial charge in [0.25, 0.3) is 0 Å². The van der Waals surface area contributed by atoms with Crippen LogP contribution in [0.5, 0.6) is 5.75 Å². The summed E-state index contributed by atoms with van der Waals surface area (Å²) in [6.07, 6.45) is 0.810. The zero-order valence-corrected chi connectivity index (χ0v) is 15.5. The largest absolute Gasteiger partial charge is 0.425 e. The van der Waals surface area contributed by atoms with Crippen LogP contribution in [-0.4, -0.2) is 4.75 Å². The lowest BCUT2D eigenvalue weighted by atomic mass is 10.1. The molecule has 0 aliphatic rings. The third-order valence-corrected chi connectivity index (χ3v) is 4.35. The number of rotatable bonds is 4. The minimum atomic E-state index is 0.0858. The van der Waals surface area contributed by atoms with Crippen LogP contribution in [-0.2, 0) is 6.42 Å². The smallest absolute Gasteiger partial charge is 0.137 e. The van der Waals surface area contributed by atoms with Crippen molar-refractivity contribution >= 4 is 39.6 Å². The van der Waals surface area contributed by atoms with Crippen LogP contribution in [0.4, 0.5) is 0 Å². The predicted octanol–water partition coefficient (Wildman–Crippen LogP) is 6.52. The molecule has 0 aliphatic carbocycles. The summed E-state index contributed by atoms with van der Waals surface area (Å²) >= 11 is 11.2. The van der Waals surface area contributed by atoms with E-state index in [4.69, 9.17) is 15.8 Å². The maximum atomic E-state index is 6.23. The second-order valence-electron chi connectivity index (χ2n) is 5.84. The van der Waals surface area contributed by atoms with Gasteiger partial charge < -0.3 is 4.18 Å². The van der Waals surface area contributed by atoms with E-state index in [2.05, 4.69) is 54.9 Å². The van der Waals surface area contributed by atoms with Crippen LogP contribution in [0.15, 0.2) is 46.9 Å². The van der Waals surface area contributed by atoms with Crippen LogP contribution in [0.2, 0.25) is 5.02 Å². The van der Waals surface area contributed by atoms with E-state index in [9.17, 15) is 0 Å². The molecular formula is C17H18BrClOS. The number of halogens is 2. The molecule has 0 saturated heterocycles. The van der Waals surface area contributed by atoms with Gasteiger partial charge in [-0.2, -0.15) is 0 Å². The molecule has 0 unspecified atom stereocenters. The molecule has 0 bridgehead atoms. The van der Waals surface area contributed by atoms with Crippen molar-refractivity contribution in [2.75, 3.05) is 0 Å².